The van der Waals surface area contributed by atoms with Gasteiger partial charge in [-0.2, -0.15) is 0 Å². The molecule has 1 spiro atoms. The van der Waals surface area contributed by atoms with Crippen LogP contribution in [0.5, 0.6) is 11.5 Å². The molecule has 4 aliphatic carbocycles. The predicted molar refractivity (Wildman–Crippen MR) is 138 cm³/mol. The summed E-state index contributed by atoms with van der Waals surface area (Å²) in [6.45, 7) is 2.09. The highest BCUT2D eigenvalue weighted by Gasteiger charge is 2.73. The molecule has 1 saturated heterocycles. The Kier molecular flexibility index (Phi) is 3.70. The zero-order chi connectivity index (χ0) is 24.0. The number of hydrogen-bond acceptors (Lipinski definition) is 4. The molecule has 0 radical (unpaired) electrons. The number of nitrogens with zero attached hydrogens (tertiary/aromatic N) is 2. The lowest BCUT2D eigenvalue weighted by Gasteiger charge is -2.63. The van der Waals surface area contributed by atoms with Crippen molar-refractivity contribution in [2.24, 2.45) is 13.0 Å². The van der Waals surface area contributed by atoms with Crippen LogP contribution in [0, 0.1) is 5.92 Å². The number of phenolic OH excluding ortho intramolecular Hbond substituents is 1. The molecule has 1 aromatic heterocycles. The highest BCUT2D eigenvalue weighted by molar-refractivity contribution is 5.90. The number of aromatic hydroxyl groups is 1. The Hall–Kier alpha value is -2.50. The number of benzene rings is 2. The Morgan fingerprint density at radius 3 is 2.75 bits per heavy atom. The molecule has 3 heterocycles. The molecule has 36 heavy (non-hydrogen) atoms. The minimum atomic E-state index is -0.909. The first kappa shape index (κ1) is 20.5. The summed E-state index contributed by atoms with van der Waals surface area (Å²) in [5.41, 5.74) is 7.80. The first-order valence-electron chi connectivity index (χ1n) is 14.1. The van der Waals surface area contributed by atoms with Crippen molar-refractivity contribution >= 4 is 10.9 Å². The Bertz CT molecular complexity index is 1490. The summed E-state index contributed by atoms with van der Waals surface area (Å²) in [4.78, 5) is 2.62. The van der Waals surface area contributed by atoms with Crippen molar-refractivity contribution < 1.29 is 14.9 Å². The zero-order valence-corrected chi connectivity index (χ0v) is 21.0. The van der Waals surface area contributed by atoms with Crippen LogP contribution in [-0.2, 0) is 38.1 Å². The number of piperidine rings is 1. The third kappa shape index (κ3) is 2.20. The van der Waals surface area contributed by atoms with Gasteiger partial charge in [-0.05, 0) is 92.1 Å². The maximum atomic E-state index is 13.0. The molecule has 2 aliphatic heterocycles. The van der Waals surface area contributed by atoms with Crippen LogP contribution in [0.3, 0.4) is 0 Å². The van der Waals surface area contributed by atoms with Crippen LogP contribution in [0.2, 0.25) is 0 Å². The smallest absolute Gasteiger partial charge is 0.166 e. The maximum Gasteiger partial charge on any atom is 0.166 e. The molecule has 5 nitrogen and oxygen atoms in total. The molecule has 1 saturated carbocycles. The third-order valence-electron chi connectivity index (χ3n) is 11.0. The van der Waals surface area contributed by atoms with E-state index in [1.54, 1.807) is 0 Å². The molecule has 186 valence electrons. The van der Waals surface area contributed by atoms with Crippen LogP contribution < -0.4 is 4.74 Å². The van der Waals surface area contributed by atoms with Crippen molar-refractivity contribution in [2.45, 2.75) is 80.9 Å². The maximum absolute atomic E-state index is 13.0. The number of aliphatic hydroxyl groups is 1. The highest BCUT2D eigenvalue weighted by Crippen LogP contribution is 2.69. The average Bonchev–Trinajstić information content (AvgIpc) is 3.56. The van der Waals surface area contributed by atoms with E-state index in [0.29, 0.717) is 12.2 Å². The van der Waals surface area contributed by atoms with Gasteiger partial charge in [0, 0.05) is 37.0 Å². The Morgan fingerprint density at radius 2 is 1.89 bits per heavy atom. The molecular formula is C31H34N2O3. The van der Waals surface area contributed by atoms with Gasteiger partial charge in [0.25, 0.3) is 0 Å². The molecule has 0 amide bonds. The van der Waals surface area contributed by atoms with E-state index in [1.165, 1.54) is 64.5 Å². The Morgan fingerprint density at radius 1 is 1.06 bits per heavy atom. The van der Waals surface area contributed by atoms with Gasteiger partial charge in [0.2, 0.25) is 0 Å². The van der Waals surface area contributed by atoms with Crippen LogP contribution >= 0.6 is 0 Å². The van der Waals surface area contributed by atoms with E-state index in [4.69, 9.17) is 4.74 Å². The van der Waals surface area contributed by atoms with Gasteiger partial charge >= 0.3 is 0 Å². The van der Waals surface area contributed by atoms with Crippen molar-refractivity contribution in [3.63, 3.8) is 0 Å². The minimum absolute atomic E-state index is 0.0852. The highest BCUT2D eigenvalue weighted by atomic mass is 16.5. The summed E-state index contributed by atoms with van der Waals surface area (Å²) >= 11 is 0. The van der Waals surface area contributed by atoms with Crippen molar-refractivity contribution in [3.05, 3.63) is 57.8 Å². The first-order valence-corrected chi connectivity index (χ1v) is 14.1. The molecule has 6 aliphatic rings. The minimum Gasteiger partial charge on any atom is -0.504 e. The van der Waals surface area contributed by atoms with E-state index in [0.717, 1.165) is 50.3 Å². The predicted octanol–water partition coefficient (Wildman–Crippen LogP) is 4.46. The second kappa shape index (κ2) is 6.49. The Balaban J connectivity index is 1.34. The van der Waals surface area contributed by atoms with Gasteiger partial charge in [-0.3, -0.25) is 4.90 Å². The van der Waals surface area contributed by atoms with Crippen molar-refractivity contribution in [1.82, 2.24) is 9.47 Å². The van der Waals surface area contributed by atoms with Gasteiger partial charge in [0.15, 0.2) is 17.6 Å². The second-order valence-electron chi connectivity index (χ2n) is 12.7. The second-order valence-corrected chi connectivity index (χ2v) is 12.7. The molecule has 0 unspecified atom stereocenters. The summed E-state index contributed by atoms with van der Waals surface area (Å²) in [6, 6.07) is 8.67. The zero-order valence-electron chi connectivity index (χ0n) is 21.0. The number of hydrogen-bond donors (Lipinski definition) is 2. The number of fused-ring (bicyclic) bond motifs is 6. The fourth-order valence-corrected chi connectivity index (χ4v) is 9.34. The first-order chi connectivity index (χ1) is 17.5. The summed E-state index contributed by atoms with van der Waals surface area (Å²) in [5, 5.41) is 25.3. The molecular weight excluding hydrogens is 448 g/mol. The Labute approximate surface area is 211 Å². The number of rotatable bonds is 2. The van der Waals surface area contributed by atoms with Gasteiger partial charge in [-0.25, -0.2) is 0 Å². The molecule has 9 rings (SSSR count). The lowest BCUT2D eigenvalue weighted by Crippen LogP contribution is -2.74. The number of ether oxygens (including phenoxy) is 1. The van der Waals surface area contributed by atoms with Gasteiger partial charge in [0.05, 0.1) is 22.2 Å². The van der Waals surface area contributed by atoms with Crippen LogP contribution in [0.1, 0.15) is 71.7 Å². The molecule has 4 atom stereocenters. The third-order valence-corrected chi connectivity index (χ3v) is 11.0. The van der Waals surface area contributed by atoms with Gasteiger partial charge in [0.1, 0.15) is 0 Å². The van der Waals surface area contributed by atoms with E-state index in [9.17, 15) is 10.2 Å². The summed E-state index contributed by atoms with van der Waals surface area (Å²) in [7, 11) is 2.21. The molecule has 2 bridgehead atoms. The molecule has 2 N–H and O–H groups in total. The van der Waals surface area contributed by atoms with Crippen LogP contribution in [0.25, 0.3) is 10.9 Å². The van der Waals surface area contributed by atoms with E-state index >= 15 is 0 Å². The lowest BCUT2D eigenvalue weighted by atomic mass is 9.49. The summed E-state index contributed by atoms with van der Waals surface area (Å²) in [6.07, 6.45) is 9.57. The normalized spacial score (nSPS) is 33.7. The van der Waals surface area contributed by atoms with Crippen LogP contribution in [-0.4, -0.2) is 44.4 Å². The topological polar surface area (TPSA) is 57.9 Å². The fraction of sp³-hybridized carbons (Fsp3) is 0.548. The van der Waals surface area contributed by atoms with E-state index in [-0.39, 0.29) is 17.9 Å². The van der Waals surface area contributed by atoms with E-state index in [1.807, 2.05) is 6.07 Å². The van der Waals surface area contributed by atoms with E-state index in [2.05, 4.69) is 34.7 Å². The summed E-state index contributed by atoms with van der Waals surface area (Å²) < 4.78 is 9.25. The summed E-state index contributed by atoms with van der Waals surface area (Å²) in [5.74, 6) is 1.64. The molecule has 3 aromatic rings. The van der Waals surface area contributed by atoms with Crippen molar-refractivity contribution in [3.8, 4) is 11.5 Å². The van der Waals surface area contributed by atoms with Crippen molar-refractivity contribution in [1.29, 1.82) is 0 Å². The van der Waals surface area contributed by atoms with Crippen molar-refractivity contribution in [2.75, 3.05) is 13.1 Å². The largest absolute Gasteiger partial charge is 0.504 e. The number of phenols is 1. The lowest BCUT2D eigenvalue weighted by molar-refractivity contribution is -0.173. The van der Waals surface area contributed by atoms with Crippen LogP contribution in [0.15, 0.2) is 24.3 Å². The number of aromatic nitrogens is 1. The van der Waals surface area contributed by atoms with Gasteiger partial charge < -0.3 is 19.5 Å². The number of likely N-dealkylation sites (tertiary alicyclic amines) is 1. The molecule has 2 fully saturated rings. The molecule has 2 aromatic carbocycles. The van der Waals surface area contributed by atoms with Gasteiger partial charge in [-0.1, -0.05) is 18.2 Å². The van der Waals surface area contributed by atoms with Gasteiger partial charge in [-0.15, -0.1) is 0 Å². The quantitative estimate of drug-likeness (QED) is 0.566. The SMILES string of the molecule is Cn1c2c(c3ccc4c(c31)CCCC4)C[C@@]1(O)[C@@H]3Cc4ccc(O)c5c4[C@@]1(CCN3CC1CC1)[C@H]2O5. The van der Waals surface area contributed by atoms with E-state index < -0.39 is 11.0 Å². The molecule has 5 heteroatoms. The fourth-order valence-electron chi connectivity index (χ4n) is 9.34. The monoisotopic (exact) mass is 482 g/mol. The number of aryl methyl sites for hydroxylation is 3. The average molecular weight is 483 g/mol. The van der Waals surface area contributed by atoms with Crippen LogP contribution in [0.4, 0.5) is 0 Å². The standard InChI is InChI=1S/C31H34N2O3/c1-32-26-20-5-3-2-4-18(20)8-10-21(26)22-15-31(35)24-14-19-9-11-23(34)28-25(19)30(31,29(36-28)27(22)32)12-13-33(24)16-17-6-7-17/h8-11,17,24,29,34-35H,2-7,12-16H2,1H3/t24-,29-,30-,31+/m0/s1.